The van der Waals surface area contributed by atoms with E-state index >= 15 is 0 Å². The van der Waals surface area contributed by atoms with Crippen molar-refractivity contribution in [3.63, 3.8) is 0 Å². The van der Waals surface area contributed by atoms with Gasteiger partial charge in [-0.2, -0.15) is 5.26 Å². The van der Waals surface area contributed by atoms with Crippen LogP contribution in [0.3, 0.4) is 0 Å². The van der Waals surface area contributed by atoms with Gasteiger partial charge in [0.2, 0.25) is 0 Å². The fourth-order valence-corrected chi connectivity index (χ4v) is 2.14. The second-order valence-corrected chi connectivity index (χ2v) is 4.39. The van der Waals surface area contributed by atoms with Gasteiger partial charge in [-0.05, 0) is 24.1 Å². The Morgan fingerprint density at radius 2 is 2.22 bits per heavy atom. The molecule has 2 rings (SSSR count). The van der Waals surface area contributed by atoms with E-state index in [1.54, 1.807) is 12.1 Å². The lowest BCUT2D eigenvalue weighted by Gasteiger charge is -2.31. The Labute approximate surface area is 106 Å². The highest BCUT2D eigenvalue weighted by atomic mass is 16.4. The average Bonchev–Trinajstić information content (AvgIpc) is 2.40. The fraction of sp³-hybridized carbons (Fsp3) is 0.385. The molecule has 1 heterocycles. The second-order valence-electron chi connectivity index (χ2n) is 4.39. The lowest BCUT2D eigenvalue weighted by molar-refractivity contribution is 0.128. The molecule has 1 saturated heterocycles. The van der Waals surface area contributed by atoms with Gasteiger partial charge in [-0.1, -0.05) is 12.1 Å². The maximum atomic E-state index is 10.9. The molecule has 1 aromatic rings. The third kappa shape index (κ3) is 2.99. The van der Waals surface area contributed by atoms with Gasteiger partial charge >= 0.3 is 6.09 Å². The van der Waals surface area contributed by atoms with Gasteiger partial charge in [0.25, 0.3) is 0 Å². The smallest absolute Gasteiger partial charge is 0.407 e. The Morgan fingerprint density at radius 3 is 2.83 bits per heavy atom. The van der Waals surface area contributed by atoms with E-state index in [9.17, 15) is 4.79 Å². The van der Waals surface area contributed by atoms with Gasteiger partial charge in [-0.25, -0.2) is 4.79 Å². The van der Waals surface area contributed by atoms with Crippen LogP contribution in [0.2, 0.25) is 0 Å². The standard InChI is InChI=1S/C13H15N3O2/c14-8-11-3-1-10(2-4-11)7-12-9-16(13(17)18)6-5-15-12/h1-4,12,15H,5-7,9H2,(H,17,18). The van der Waals surface area contributed by atoms with Crippen molar-refractivity contribution in [2.75, 3.05) is 19.6 Å². The van der Waals surface area contributed by atoms with Crippen molar-refractivity contribution in [2.24, 2.45) is 0 Å². The Morgan fingerprint density at radius 1 is 1.50 bits per heavy atom. The summed E-state index contributed by atoms with van der Waals surface area (Å²) in [5.41, 5.74) is 1.75. The van der Waals surface area contributed by atoms with Crippen molar-refractivity contribution in [1.29, 1.82) is 5.26 Å². The van der Waals surface area contributed by atoms with E-state index in [0.717, 1.165) is 12.0 Å². The van der Waals surface area contributed by atoms with Gasteiger partial charge < -0.3 is 15.3 Å². The molecule has 18 heavy (non-hydrogen) atoms. The van der Waals surface area contributed by atoms with Crippen molar-refractivity contribution < 1.29 is 9.90 Å². The van der Waals surface area contributed by atoms with Gasteiger partial charge in [-0.3, -0.25) is 0 Å². The van der Waals surface area contributed by atoms with E-state index < -0.39 is 6.09 Å². The number of benzene rings is 1. The van der Waals surface area contributed by atoms with Crippen LogP contribution in [0.25, 0.3) is 0 Å². The van der Waals surface area contributed by atoms with E-state index in [0.29, 0.717) is 25.2 Å². The summed E-state index contributed by atoms with van der Waals surface area (Å²) < 4.78 is 0. The van der Waals surface area contributed by atoms with E-state index in [2.05, 4.69) is 11.4 Å². The maximum Gasteiger partial charge on any atom is 0.407 e. The molecule has 0 saturated carbocycles. The van der Waals surface area contributed by atoms with Crippen LogP contribution in [-0.4, -0.2) is 41.8 Å². The summed E-state index contributed by atoms with van der Waals surface area (Å²) in [5.74, 6) is 0. The summed E-state index contributed by atoms with van der Waals surface area (Å²) in [5, 5.41) is 21.0. The first-order chi connectivity index (χ1) is 8.69. The topological polar surface area (TPSA) is 76.4 Å². The number of carboxylic acid groups (broad SMARTS) is 1. The van der Waals surface area contributed by atoms with Crippen molar-refractivity contribution in [1.82, 2.24) is 10.2 Å². The van der Waals surface area contributed by atoms with Crippen molar-refractivity contribution in [2.45, 2.75) is 12.5 Å². The number of piperazine rings is 1. The van der Waals surface area contributed by atoms with Crippen LogP contribution in [0.4, 0.5) is 4.79 Å². The summed E-state index contributed by atoms with van der Waals surface area (Å²) in [6, 6.07) is 9.62. The summed E-state index contributed by atoms with van der Waals surface area (Å²) in [4.78, 5) is 12.3. The number of nitrogens with one attached hydrogen (secondary N) is 1. The van der Waals surface area contributed by atoms with Crippen LogP contribution in [0.5, 0.6) is 0 Å². The van der Waals surface area contributed by atoms with Crippen molar-refractivity contribution in [3.05, 3.63) is 35.4 Å². The number of hydrogen-bond acceptors (Lipinski definition) is 3. The quantitative estimate of drug-likeness (QED) is 0.816. The molecule has 1 amide bonds. The third-order valence-corrected chi connectivity index (χ3v) is 3.09. The Kier molecular flexibility index (Phi) is 3.80. The highest BCUT2D eigenvalue weighted by Gasteiger charge is 2.22. The predicted molar refractivity (Wildman–Crippen MR) is 66.2 cm³/mol. The zero-order valence-electron chi connectivity index (χ0n) is 9.97. The molecule has 0 bridgehead atoms. The SMILES string of the molecule is N#Cc1ccc(CC2CN(C(=O)O)CCN2)cc1. The molecule has 0 radical (unpaired) electrons. The van der Waals surface area contributed by atoms with E-state index in [4.69, 9.17) is 10.4 Å². The molecule has 1 atom stereocenters. The van der Waals surface area contributed by atoms with Gasteiger partial charge in [0.15, 0.2) is 0 Å². The Balaban J connectivity index is 1.96. The number of carbonyl (C=O) groups is 1. The van der Waals surface area contributed by atoms with Gasteiger partial charge in [0, 0.05) is 25.7 Å². The Bertz CT molecular complexity index is 464. The van der Waals surface area contributed by atoms with Crippen LogP contribution < -0.4 is 5.32 Å². The lowest BCUT2D eigenvalue weighted by Crippen LogP contribution is -2.53. The molecule has 1 aromatic carbocycles. The second kappa shape index (κ2) is 5.52. The third-order valence-electron chi connectivity index (χ3n) is 3.09. The molecule has 0 spiro atoms. The minimum absolute atomic E-state index is 0.141. The highest BCUT2D eigenvalue weighted by molar-refractivity contribution is 5.65. The first kappa shape index (κ1) is 12.4. The maximum absolute atomic E-state index is 10.9. The predicted octanol–water partition coefficient (Wildman–Crippen LogP) is 1.05. The summed E-state index contributed by atoms with van der Waals surface area (Å²) in [6.07, 6.45) is -0.0866. The molecule has 2 N–H and O–H groups in total. The van der Waals surface area contributed by atoms with E-state index in [1.165, 1.54) is 4.90 Å². The largest absolute Gasteiger partial charge is 0.465 e. The summed E-state index contributed by atoms with van der Waals surface area (Å²) >= 11 is 0. The molecule has 1 aliphatic heterocycles. The summed E-state index contributed by atoms with van der Waals surface area (Å²) in [6.45, 7) is 1.74. The van der Waals surface area contributed by atoms with Crippen molar-refractivity contribution in [3.8, 4) is 6.07 Å². The number of rotatable bonds is 2. The first-order valence-corrected chi connectivity index (χ1v) is 5.89. The minimum atomic E-state index is -0.860. The van der Waals surface area contributed by atoms with Crippen LogP contribution in [-0.2, 0) is 6.42 Å². The van der Waals surface area contributed by atoms with Gasteiger partial charge in [-0.15, -0.1) is 0 Å². The monoisotopic (exact) mass is 245 g/mol. The molecule has 0 aliphatic carbocycles. The minimum Gasteiger partial charge on any atom is -0.465 e. The number of nitriles is 1. The average molecular weight is 245 g/mol. The molecule has 1 unspecified atom stereocenters. The zero-order chi connectivity index (χ0) is 13.0. The van der Waals surface area contributed by atoms with E-state index in [1.807, 2.05) is 12.1 Å². The summed E-state index contributed by atoms with van der Waals surface area (Å²) in [7, 11) is 0. The molecule has 1 fully saturated rings. The molecule has 1 aliphatic rings. The molecular weight excluding hydrogens is 230 g/mol. The fourth-order valence-electron chi connectivity index (χ4n) is 2.14. The van der Waals surface area contributed by atoms with Crippen molar-refractivity contribution >= 4 is 6.09 Å². The van der Waals surface area contributed by atoms with Gasteiger partial charge in [0.05, 0.1) is 11.6 Å². The van der Waals surface area contributed by atoms with Gasteiger partial charge in [0.1, 0.15) is 0 Å². The highest BCUT2D eigenvalue weighted by Crippen LogP contribution is 2.09. The zero-order valence-corrected chi connectivity index (χ0v) is 9.97. The van der Waals surface area contributed by atoms with Crippen LogP contribution in [0.15, 0.2) is 24.3 Å². The number of hydrogen-bond donors (Lipinski definition) is 2. The molecule has 5 nitrogen and oxygen atoms in total. The number of nitrogens with zero attached hydrogens (tertiary/aromatic N) is 2. The number of amides is 1. The first-order valence-electron chi connectivity index (χ1n) is 5.89. The van der Waals surface area contributed by atoms with Crippen LogP contribution in [0.1, 0.15) is 11.1 Å². The normalized spacial score (nSPS) is 19.3. The molecular formula is C13H15N3O2. The molecule has 5 heteroatoms. The van der Waals surface area contributed by atoms with E-state index in [-0.39, 0.29) is 6.04 Å². The molecule has 94 valence electrons. The van der Waals surface area contributed by atoms with Crippen LogP contribution >= 0.6 is 0 Å². The van der Waals surface area contributed by atoms with Crippen LogP contribution in [0, 0.1) is 11.3 Å². The molecule has 0 aromatic heterocycles. The lowest BCUT2D eigenvalue weighted by atomic mass is 10.0. The Hall–Kier alpha value is -2.06.